The van der Waals surface area contributed by atoms with Gasteiger partial charge >= 0.3 is 0 Å². The summed E-state index contributed by atoms with van der Waals surface area (Å²) < 4.78 is 10.4. The van der Waals surface area contributed by atoms with E-state index in [9.17, 15) is 0 Å². The van der Waals surface area contributed by atoms with Gasteiger partial charge in [0.15, 0.2) is 0 Å². The Morgan fingerprint density at radius 2 is 2.13 bits per heavy atom. The van der Waals surface area contributed by atoms with E-state index in [-0.39, 0.29) is 0 Å². The number of rotatable bonds is 7. The lowest BCUT2D eigenvalue weighted by Crippen LogP contribution is -2.41. The molecule has 1 fully saturated rings. The van der Waals surface area contributed by atoms with Gasteiger partial charge in [-0.2, -0.15) is 0 Å². The molecule has 1 aliphatic heterocycles. The first-order valence-electron chi connectivity index (χ1n) is 5.82. The van der Waals surface area contributed by atoms with Crippen LogP contribution in [0.4, 0.5) is 0 Å². The quantitative estimate of drug-likeness (QED) is 0.616. The third-order valence-electron chi connectivity index (χ3n) is 2.65. The highest BCUT2D eigenvalue weighted by Gasteiger charge is 2.09. The lowest BCUT2D eigenvalue weighted by Gasteiger charge is -2.26. The van der Waals surface area contributed by atoms with Gasteiger partial charge < -0.3 is 14.8 Å². The van der Waals surface area contributed by atoms with E-state index in [0.717, 1.165) is 52.5 Å². The molecule has 15 heavy (non-hydrogen) atoms. The fourth-order valence-electron chi connectivity index (χ4n) is 1.75. The zero-order valence-electron chi connectivity index (χ0n) is 10.00. The molecule has 1 N–H and O–H groups in total. The zero-order chi connectivity index (χ0) is 10.9. The van der Waals surface area contributed by atoms with Crippen LogP contribution in [0.2, 0.25) is 0 Å². The number of ether oxygens (including phenoxy) is 2. The van der Waals surface area contributed by atoms with Crippen molar-refractivity contribution >= 4 is 0 Å². The van der Waals surface area contributed by atoms with E-state index in [1.165, 1.54) is 0 Å². The summed E-state index contributed by atoms with van der Waals surface area (Å²) in [6.07, 6.45) is 0. The van der Waals surface area contributed by atoms with Crippen molar-refractivity contribution in [1.29, 1.82) is 0 Å². The summed E-state index contributed by atoms with van der Waals surface area (Å²) >= 11 is 0. The molecule has 0 aromatic rings. The molecule has 4 nitrogen and oxygen atoms in total. The summed E-state index contributed by atoms with van der Waals surface area (Å²) in [5.41, 5.74) is 0. The molecule has 0 aromatic carbocycles. The maximum absolute atomic E-state index is 5.30. The van der Waals surface area contributed by atoms with E-state index in [0.29, 0.717) is 5.92 Å². The number of hydrogen-bond donors (Lipinski definition) is 1. The maximum atomic E-state index is 5.30. The third-order valence-corrected chi connectivity index (χ3v) is 2.65. The van der Waals surface area contributed by atoms with Gasteiger partial charge in [-0.25, -0.2) is 0 Å². The molecule has 0 amide bonds. The van der Waals surface area contributed by atoms with Gasteiger partial charge in [0.25, 0.3) is 0 Å². The molecule has 1 atom stereocenters. The number of nitrogens with zero attached hydrogens (tertiary/aromatic N) is 1. The monoisotopic (exact) mass is 216 g/mol. The first kappa shape index (κ1) is 12.9. The second-order valence-corrected chi connectivity index (χ2v) is 4.22. The molecule has 0 bridgehead atoms. The topological polar surface area (TPSA) is 33.7 Å². The van der Waals surface area contributed by atoms with E-state index in [4.69, 9.17) is 9.47 Å². The Labute approximate surface area is 92.9 Å². The average Bonchev–Trinajstić information content (AvgIpc) is 2.26. The summed E-state index contributed by atoms with van der Waals surface area (Å²) in [7, 11) is 1.75. The highest BCUT2D eigenvalue weighted by atomic mass is 16.5. The molecule has 0 saturated carbocycles. The van der Waals surface area contributed by atoms with E-state index in [2.05, 4.69) is 17.1 Å². The summed E-state index contributed by atoms with van der Waals surface area (Å²) in [6, 6.07) is 0. The fraction of sp³-hybridized carbons (Fsp3) is 1.00. The molecule has 1 rings (SSSR count). The van der Waals surface area contributed by atoms with Crippen LogP contribution in [0.1, 0.15) is 6.92 Å². The summed E-state index contributed by atoms with van der Waals surface area (Å²) in [5, 5.41) is 3.45. The molecule has 1 heterocycles. The van der Waals surface area contributed by atoms with Crippen molar-refractivity contribution in [2.75, 3.05) is 59.7 Å². The summed E-state index contributed by atoms with van der Waals surface area (Å²) in [5.74, 6) is 0.597. The minimum atomic E-state index is 0.597. The van der Waals surface area contributed by atoms with E-state index >= 15 is 0 Å². The van der Waals surface area contributed by atoms with Gasteiger partial charge in [0.05, 0.1) is 13.2 Å². The SMILES string of the molecule is COCC(C)CNCCN1CCOCC1. The van der Waals surface area contributed by atoms with Crippen LogP contribution in [0.3, 0.4) is 0 Å². The molecule has 0 aromatic heterocycles. The number of hydrogen-bond acceptors (Lipinski definition) is 4. The number of nitrogens with one attached hydrogen (secondary N) is 1. The van der Waals surface area contributed by atoms with Gasteiger partial charge in [-0.05, 0) is 12.5 Å². The van der Waals surface area contributed by atoms with Crippen LogP contribution in [-0.2, 0) is 9.47 Å². The van der Waals surface area contributed by atoms with E-state index in [1.807, 2.05) is 0 Å². The number of morpholine rings is 1. The lowest BCUT2D eigenvalue weighted by atomic mass is 10.2. The van der Waals surface area contributed by atoms with E-state index < -0.39 is 0 Å². The fourth-order valence-corrected chi connectivity index (χ4v) is 1.75. The summed E-state index contributed by atoms with van der Waals surface area (Å²) in [6.45, 7) is 10.2. The smallest absolute Gasteiger partial charge is 0.0594 e. The Morgan fingerprint density at radius 1 is 1.40 bits per heavy atom. The lowest BCUT2D eigenvalue weighted by molar-refractivity contribution is 0.0382. The molecule has 0 aliphatic carbocycles. The first-order chi connectivity index (χ1) is 7.33. The molecule has 90 valence electrons. The van der Waals surface area contributed by atoms with Crippen LogP contribution in [-0.4, -0.2) is 64.6 Å². The Kier molecular flexibility index (Phi) is 6.92. The Hall–Kier alpha value is -0.160. The van der Waals surface area contributed by atoms with Crippen LogP contribution in [0, 0.1) is 5.92 Å². The van der Waals surface area contributed by atoms with Gasteiger partial charge in [-0.15, -0.1) is 0 Å². The highest BCUT2D eigenvalue weighted by Crippen LogP contribution is 1.95. The van der Waals surface area contributed by atoms with Crippen molar-refractivity contribution in [2.45, 2.75) is 6.92 Å². The van der Waals surface area contributed by atoms with Crippen molar-refractivity contribution in [1.82, 2.24) is 10.2 Å². The molecule has 0 spiro atoms. The Balaban J connectivity index is 1.91. The average molecular weight is 216 g/mol. The van der Waals surface area contributed by atoms with Crippen molar-refractivity contribution in [3.8, 4) is 0 Å². The van der Waals surface area contributed by atoms with Crippen molar-refractivity contribution in [2.24, 2.45) is 5.92 Å². The van der Waals surface area contributed by atoms with Crippen molar-refractivity contribution < 1.29 is 9.47 Å². The van der Waals surface area contributed by atoms with Gasteiger partial charge in [0.2, 0.25) is 0 Å². The van der Waals surface area contributed by atoms with Crippen molar-refractivity contribution in [3.63, 3.8) is 0 Å². The second-order valence-electron chi connectivity index (χ2n) is 4.22. The van der Waals surface area contributed by atoms with Crippen LogP contribution >= 0.6 is 0 Å². The van der Waals surface area contributed by atoms with Gasteiger partial charge in [0.1, 0.15) is 0 Å². The predicted octanol–water partition coefficient (Wildman–Crippen LogP) is 0.191. The van der Waals surface area contributed by atoms with Gasteiger partial charge in [-0.1, -0.05) is 6.92 Å². The molecular formula is C11H24N2O2. The Morgan fingerprint density at radius 3 is 2.80 bits per heavy atom. The minimum absolute atomic E-state index is 0.597. The van der Waals surface area contributed by atoms with Crippen LogP contribution in [0.5, 0.6) is 0 Å². The molecule has 1 aliphatic rings. The second kappa shape index (κ2) is 8.05. The number of methoxy groups -OCH3 is 1. The van der Waals surface area contributed by atoms with Crippen LogP contribution < -0.4 is 5.32 Å². The molecular weight excluding hydrogens is 192 g/mol. The maximum Gasteiger partial charge on any atom is 0.0594 e. The van der Waals surface area contributed by atoms with Crippen LogP contribution in [0.25, 0.3) is 0 Å². The van der Waals surface area contributed by atoms with Crippen LogP contribution in [0.15, 0.2) is 0 Å². The molecule has 1 unspecified atom stereocenters. The zero-order valence-corrected chi connectivity index (χ0v) is 10.00. The molecule has 0 radical (unpaired) electrons. The van der Waals surface area contributed by atoms with Gasteiger partial charge in [0, 0.05) is 39.9 Å². The largest absolute Gasteiger partial charge is 0.384 e. The highest BCUT2D eigenvalue weighted by molar-refractivity contribution is 4.64. The first-order valence-corrected chi connectivity index (χ1v) is 5.82. The van der Waals surface area contributed by atoms with Gasteiger partial charge in [-0.3, -0.25) is 4.90 Å². The van der Waals surface area contributed by atoms with E-state index in [1.54, 1.807) is 7.11 Å². The van der Waals surface area contributed by atoms with Crippen molar-refractivity contribution in [3.05, 3.63) is 0 Å². The standard InChI is InChI=1S/C11H24N2O2/c1-11(10-14-2)9-12-3-4-13-5-7-15-8-6-13/h11-12H,3-10H2,1-2H3. The predicted molar refractivity (Wildman–Crippen MR) is 61.2 cm³/mol. The third kappa shape index (κ3) is 6.10. The minimum Gasteiger partial charge on any atom is -0.384 e. The Bertz CT molecular complexity index is 150. The molecule has 1 saturated heterocycles. The molecule has 4 heteroatoms. The normalized spacial score (nSPS) is 20.4. The summed E-state index contributed by atoms with van der Waals surface area (Å²) in [4.78, 5) is 2.44.